The summed E-state index contributed by atoms with van der Waals surface area (Å²) in [7, 11) is 0. The van der Waals surface area contributed by atoms with Crippen molar-refractivity contribution in [1.29, 1.82) is 0 Å². The summed E-state index contributed by atoms with van der Waals surface area (Å²) >= 11 is 1.79. The zero-order valence-corrected chi connectivity index (χ0v) is 13.3. The predicted octanol–water partition coefficient (Wildman–Crippen LogP) is 4.03. The molecule has 0 saturated heterocycles. The maximum absolute atomic E-state index is 4.81. The van der Waals surface area contributed by atoms with Gasteiger partial charge in [-0.2, -0.15) is 0 Å². The van der Waals surface area contributed by atoms with Crippen molar-refractivity contribution in [2.24, 2.45) is 0 Å². The highest BCUT2D eigenvalue weighted by Gasteiger charge is 2.40. The number of fused-ring (bicyclic) bond motifs is 1. The Morgan fingerprint density at radius 1 is 1.30 bits per heavy atom. The van der Waals surface area contributed by atoms with Gasteiger partial charge in [0.2, 0.25) is 0 Å². The van der Waals surface area contributed by atoms with Gasteiger partial charge in [-0.05, 0) is 51.2 Å². The summed E-state index contributed by atoms with van der Waals surface area (Å²) in [6, 6.07) is 9.29. The van der Waals surface area contributed by atoms with Crippen molar-refractivity contribution in [3.8, 4) is 0 Å². The van der Waals surface area contributed by atoms with E-state index in [-0.39, 0.29) is 5.54 Å². The van der Waals surface area contributed by atoms with Gasteiger partial charge in [0.15, 0.2) is 0 Å². The molecule has 0 amide bonds. The van der Waals surface area contributed by atoms with Crippen LogP contribution in [-0.2, 0) is 12.0 Å². The topological polar surface area (TPSA) is 24.9 Å². The lowest BCUT2D eigenvalue weighted by Gasteiger charge is -2.40. The summed E-state index contributed by atoms with van der Waals surface area (Å²) in [5, 5.41) is 7.21. The molecule has 3 heteroatoms. The summed E-state index contributed by atoms with van der Waals surface area (Å²) < 4.78 is 0. The van der Waals surface area contributed by atoms with E-state index in [0.717, 1.165) is 12.1 Å². The summed E-state index contributed by atoms with van der Waals surface area (Å²) in [5.41, 5.74) is 3.93. The molecule has 3 rings (SSSR count). The van der Waals surface area contributed by atoms with Crippen LogP contribution < -0.4 is 5.32 Å². The number of hydrogen-bond donors (Lipinski definition) is 1. The predicted molar refractivity (Wildman–Crippen MR) is 85.3 cm³/mol. The van der Waals surface area contributed by atoms with E-state index in [0.29, 0.717) is 6.04 Å². The average molecular weight is 286 g/mol. The molecular formula is C17H22N2S. The third-order valence-corrected chi connectivity index (χ3v) is 5.12. The van der Waals surface area contributed by atoms with Gasteiger partial charge in [-0.3, -0.25) is 5.32 Å². The quantitative estimate of drug-likeness (QED) is 0.921. The number of nitrogens with zero attached hydrogens (tertiary/aromatic N) is 1. The van der Waals surface area contributed by atoms with Crippen LogP contribution in [0.5, 0.6) is 0 Å². The SMILES string of the molecule is Cc1csc(C2(NC(C)C)CCCc3ccccc32)n1. The number of benzene rings is 1. The summed E-state index contributed by atoms with van der Waals surface area (Å²) in [4.78, 5) is 4.81. The molecule has 1 unspecified atom stereocenters. The maximum Gasteiger partial charge on any atom is 0.118 e. The second kappa shape index (κ2) is 5.30. The van der Waals surface area contributed by atoms with Gasteiger partial charge in [-0.15, -0.1) is 11.3 Å². The minimum atomic E-state index is -0.0953. The molecule has 1 aromatic heterocycles. The first-order chi connectivity index (χ1) is 9.62. The van der Waals surface area contributed by atoms with Crippen molar-refractivity contribution in [1.82, 2.24) is 10.3 Å². The molecule has 106 valence electrons. The molecule has 2 aromatic rings. The van der Waals surface area contributed by atoms with E-state index in [1.54, 1.807) is 11.3 Å². The molecule has 0 spiro atoms. The number of thiazole rings is 1. The fourth-order valence-electron chi connectivity index (χ4n) is 3.31. The molecule has 1 aliphatic rings. The third-order valence-electron chi connectivity index (χ3n) is 3.99. The summed E-state index contributed by atoms with van der Waals surface area (Å²) in [5.74, 6) is 0. The van der Waals surface area contributed by atoms with Crippen molar-refractivity contribution in [3.63, 3.8) is 0 Å². The van der Waals surface area contributed by atoms with Crippen molar-refractivity contribution in [2.45, 2.75) is 51.6 Å². The number of aryl methyl sites for hydroxylation is 2. The molecule has 1 heterocycles. The van der Waals surface area contributed by atoms with E-state index in [1.807, 2.05) is 0 Å². The lowest BCUT2D eigenvalue weighted by molar-refractivity contribution is 0.315. The van der Waals surface area contributed by atoms with Crippen LogP contribution in [0.2, 0.25) is 0 Å². The molecule has 0 fully saturated rings. The van der Waals surface area contributed by atoms with Crippen LogP contribution in [0.25, 0.3) is 0 Å². The largest absolute Gasteiger partial charge is 0.299 e. The molecule has 0 radical (unpaired) electrons. The van der Waals surface area contributed by atoms with Gasteiger partial charge in [-0.25, -0.2) is 4.98 Å². The normalized spacial score (nSPS) is 22.0. The van der Waals surface area contributed by atoms with Gasteiger partial charge in [-0.1, -0.05) is 24.3 Å². The van der Waals surface area contributed by atoms with Gasteiger partial charge in [0.05, 0.1) is 5.54 Å². The highest BCUT2D eigenvalue weighted by Crippen LogP contribution is 2.42. The average Bonchev–Trinajstić information content (AvgIpc) is 2.86. The monoisotopic (exact) mass is 286 g/mol. The van der Waals surface area contributed by atoms with E-state index in [4.69, 9.17) is 4.98 Å². The second-order valence-electron chi connectivity index (χ2n) is 6.01. The maximum atomic E-state index is 4.81. The van der Waals surface area contributed by atoms with Gasteiger partial charge in [0.1, 0.15) is 5.01 Å². The van der Waals surface area contributed by atoms with E-state index in [2.05, 4.69) is 55.7 Å². The van der Waals surface area contributed by atoms with E-state index in [1.165, 1.54) is 29.0 Å². The number of aromatic nitrogens is 1. The van der Waals surface area contributed by atoms with Crippen LogP contribution in [-0.4, -0.2) is 11.0 Å². The van der Waals surface area contributed by atoms with Crippen LogP contribution in [0.1, 0.15) is 48.5 Å². The fourth-order valence-corrected chi connectivity index (χ4v) is 4.31. The first-order valence-corrected chi connectivity index (χ1v) is 8.28. The van der Waals surface area contributed by atoms with Gasteiger partial charge in [0.25, 0.3) is 0 Å². The van der Waals surface area contributed by atoms with Gasteiger partial charge in [0, 0.05) is 17.1 Å². The Labute approximate surface area is 125 Å². The molecule has 0 bridgehead atoms. The molecule has 20 heavy (non-hydrogen) atoms. The Balaban J connectivity index is 2.17. The molecule has 0 aliphatic heterocycles. The van der Waals surface area contributed by atoms with E-state index in [9.17, 15) is 0 Å². The Morgan fingerprint density at radius 2 is 2.10 bits per heavy atom. The van der Waals surface area contributed by atoms with Crippen LogP contribution in [0.15, 0.2) is 29.6 Å². The van der Waals surface area contributed by atoms with Crippen LogP contribution >= 0.6 is 11.3 Å². The Hall–Kier alpha value is -1.19. The van der Waals surface area contributed by atoms with E-state index < -0.39 is 0 Å². The lowest BCUT2D eigenvalue weighted by atomic mass is 9.76. The second-order valence-corrected chi connectivity index (χ2v) is 6.87. The Morgan fingerprint density at radius 3 is 2.80 bits per heavy atom. The molecular weight excluding hydrogens is 264 g/mol. The highest BCUT2D eigenvalue weighted by atomic mass is 32.1. The third kappa shape index (κ3) is 2.29. The number of rotatable bonds is 3. The van der Waals surface area contributed by atoms with Crippen molar-refractivity contribution in [2.75, 3.05) is 0 Å². The van der Waals surface area contributed by atoms with Crippen molar-refractivity contribution in [3.05, 3.63) is 51.5 Å². The van der Waals surface area contributed by atoms with Crippen molar-refractivity contribution < 1.29 is 0 Å². The lowest BCUT2D eigenvalue weighted by Crippen LogP contribution is -2.49. The van der Waals surface area contributed by atoms with Crippen LogP contribution in [0.4, 0.5) is 0 Å². The highest BCUT2D eigenvalue weighted by molar-refractivity contribution is 7.09. The first kappa shape index (κ1) is 13.8. The standard InChI is InChI=1S/C17H22N2S/c1-12(2)19-17(16-18-13(3)11-20-16)10-6-8-14-7-4-5-9-15(14)17/h4-5,7,9,11-12,19H,6,8,10H2,1-3H3. The minimum Gasteiger partial charge on any atom is -0.299 e. The van der Waals surface area contributed by atoms with Gasteiger partial charge >= 0.3 is 0 Å². The fraction of sp³-hybridized carbons (Fsp3) is 0.471. The molecule has 1 aliphatic carbocycles. The summed E-state index contributed by atoms with van der Waals surface area (Å²) in [6.45, 7) is 6.52. The Bertz CT molecular complexity index is 603. The van der Waals surface area contributed by atoms with Crippen LogP contribution in [0.3, 0.4) is 0 Å². The molecule has 0 saturated carbocycles. The molecule has 1 aromatic carbocycles. The molecule has 2 nitrogen and oxygen atoms in total. The Kier molecular flexibility index (Phi) is 3.65. The zero-order chi connectivity index (χ0) is 14.2. The van der Waals surface area contributed by atoms with Gasteiger partial charge < -0.3 is 0 Å². The first-order valence-electron chi connectivity index (χ1n) is 7.40. The molecule has 1 N–H and O–H groups in total. The van der Waals surface area contributed by atoms with Crippen LogP contribution in [0, 0.1) is 6.92 Å². The van der Waals surface area contributed by atoms with E-state index >= 15 is 0 Å². The molecule has 1 atom stereocenters. The number of nitrogens with one attached hydrogen (secondary N) is 1. The minimum absolute atomic E-state index is 0.0953. The summed E-state index contributed by atoms with van der Waals surface area (Å²) in [6.07, 6.45) is 3.53. The van der Waals surface area contributed by atoms with Crippen molar-refractivity contribution >= 4 is 11.3 Å². The number of hydrogen-bond acceptors (Lipinski definition) is 3. The zero-order valence-electron chi connectivity index (χ0n) is 12.4. The smallest absolute Gasteiger partial charge is 0.118 e.